The zero-order valence-electron chi connectivity index (χ0n) is 10.3. The molecule has 0 radical (unpaired) electrons. The molecule has 19 heavy (non-hydrogen) atoms. The van der Waals surface area contributed by atoms with Crippen LogP contribution in [-0.2, 0) is 4.79 Å². The predicted molar refractivity (Wildman–Crippen MR) is 63.2 cm³/mol. The fourth-order valence-corrected chi connectivity index (χ4v) is 1.44. The summed E-state index contributed by atoms with van der Waals surface area (Å²) in [5.74, 6) is -1.33. The molecule has 1 aromatic rings. The molecule has 1 rings (SSSR count). The lowest BCUT2D eigenvalue weighted by Crippen LogP contribution is -2.61. The summed E-state index contributed by atoms with van der Waals surface area (Å²) >= 11 is 0. The van der Waals surface area contributed by atoms with E-state index in [1.165, 1.54) is 18.2 Å². The Labute approximate surface area is 108 Å². The number of para-hydroxylation sites is 1. The molecule has 0 aliphatic heterocycles. The normalized spacial score (nSPS) is 14.4. The fourth-order valence-electron chi connectivity index (χ4n) is 1.44. The Morgan fingerprint density at radius 2 is 1.89 bits per heavy atom. The summed E-state index contributed by atoms with van der Waals surface area (Å²) in [6, 6.07) is 7.65. The van der Waals surface area contributed by atoms with E-state index in [1.807, 2.05) is 0 Å². The molecular formula is C12H12F3N3O. The van der Waals surface area contributed by atoms with Gasteiger partial charge in [0.15, 0.2) is 5.54 Å². The van der Waals surface area contributed by atoms with E-state index in [0.29, 0.717) is 6.92 Å². The van der Waals surface area contributed by atoms with E-state index in [1.54, 1.807) is 12.1 Å². The van der Waals surface area contributed by atoms with Gasteiger partial charge in [0.05, 0.1) is 11.3 Å². The van der Waals surface area contributed by atoms with Crippen molar-refractivity contribution in [1.82, 2.24) is 0 Å². The molecule has 4 nitrogen and oxygen atoms in total. The summed E-state index contributed by atoms with van der Waals surface area (Å²) in [4.78, 5) is 12.6. The number of amides is 1. The van der Waals surface area contributed by atoms with Gasteiger partial charge in [-0.1, -0.05) is 12.1 Å². The maximum atomic E-state index is 12.7. The summed E-state index contributed by atoms with van der Waals surface area (Å²) in [7, 11) is 1.15. The Morgan fingerprint density at radius 1 is 1.37 bits per heavy atom. The van der Waals surface area contributed by atoms with Crippen molar-refractivity contribution in [3.05, 3.63) is 29.8 Å². The van der Waals surface area contributed by atoms with Crippen LogP contribution >= 0.6 is 0 Å². The van der Waals surface area contributed by atoms with Crippen LogP contribution in [0.1, 0.15) is 12.5 Å². The number of alkyl halides is 3. The van der Waals surface area contributed by atoms with Crippen molar-refractivity contribution in [3.63, 3.8) is 0 Å². The van der Waals surface area contributed by atoms with Crippen LogP contribution in [0.5, 0.6) is 0 Å². The lowest BCUT2D eigenvalue weighted by Gasteiger charge is -2.31. The molecule has 0 aliphatic carbocycles. The lowest BCUT2D eigenvalue weighted by molar-refractivity contribution is -0.185. The summed E-state index contributed by atoms with van der Waals surface area (Å²) < 4.78 is 38.1. The van der Waals surface area contributed by atoms with Gasteiger partial charge in [-0.2, -0.15) is 18.4 Å². The number of likely N-dealkylation sites (N-methyl/N-ethyl adjacent to an activating group) is 1. The first-order valence-corrected chi connectivity index (χ1v) is 5.26. The topological polar surface area (TPSA) is 70.1 Å². The highest BCUT2D eigenvalue weighted by Gasteiger charge is 2.55. The predicted octanol–water partition coefficient (Wildman–Crippen LogP) is 1.80. The number of hydrogen-bond donors (Lipinski definition) is 1. The smallest absolute Gasteiger partial charge is 0.312 e. The first kappa shape index (κ1) is 15.0. The standard InChI is InChI=1S/C12H12F3N3O/c1-11(17,12(13,14)15)10(19)18(2)9-6-4-3-5-8(9)7-16/h3-6H,17H2,1-2H3. The average molecular weight is 271 g/mol. The molecule has 1 atom stereocenters. The van der Waals surface area contributed by atoms with Crippen LogP contribution in [0.2, 0.25) is 0 Å². The molecule has 1 unspecified atom stereocenters. The monoisotopic (exact) mass is 271 g/mol. The zero-order valence-corrected chi connectivity index (χ0v) is 10.3. The van der Waals surface area contributed by atoms with Crippen molar-refractivity contribution in [2.24, 2.45) is 5.73 Å². The summed E-state index contributed by atoms with van der Waals surface area (Å²) in [5, 5.41) is 8.87. The second kappa shape index (κ2) is 4.90. The third-order valence-corrected chi connectivity index (χ3v) is 2.72. The van der Waals surface area contributed by atoms with E-state index in [0.717, 1.165) is 11.9 Å². The number of carbonyl (C=O) groups excluding carboxylic acids is 1. The van der Waals surface area contributed by atoms with Gasteiger partial charge in [-0.05, 0) is 19.1 Å². The van der Waals surface area contributed by atoms with Gasteiger partial charge in [0.1, 0.15) is 6.07 Å². The number of hydrogen-bond acceptors (Lipinski definition) is 3. The molecule has 0 aliphatic rings. The first-order chi connectivity index (χ1) is 8.63. The van der Waals surface area contributed by atoms with E-state index in [2.05, 4.69) is 0 Å². The molecule has 0 heterocycles. The lowest BCUT2D eigenvalue weighted by atomic mass is 10.0. The van der Waals surface area contributed by atoms with Crippen molar-refractivity contribution in [1.29, 1.82) is 5.26 Å². The minimum atomic E-state index is -4.88. The fraction of sp³-hybridized carbons (Fsp3) is 0.333. The minimum Gasteiger partial charge on any atom is -0.312 e. The maximum absolute atomic E-state index is 12.7. The molecule has 0 fully saturated rings. The maximum Gasteiger partial charge on any atom is 0.415 e. The van der Waals surface area contributed by atoms with E-state index in [-0.39, 0.29) is 11.3 Å². The van der Waals surface area contributed by atoms with Crippen LogP contribution in [0.25, 0.3) is 0 Å². The number of anilines is 1. The van der Waals surface area contributed by atoms with Crippen LogP contribution in [0.3, 0.4) is 0 Å². The van der Waals surface area contributed by atoms with E-state index >= 15 is 0 Å². The van der Waals surface area contributed by atoms with Crippen LogP contribution in [0.4, 0.5) is 18.9 Å². The number of nitrogens with zero attached hydrogens (tertiary/aromatic N) is 2. The van der Waals surface area contributed by atoms with Gasteiger partial charge in [-0.15, -0.1) is 0 Å². The van der Waals surface area contributed by atoms with E-state index < -0.39 is 17.6 Å². The number of rotatable bonds is 2. The quantitative estimate of drug-likeness (QED) is 0.891. The second-order valence-electron chi connectivity index (χ2n) is 4.19. The molecule has 0 spiro atoms. The summed E-state index contributed by atoms with van der Waals surface area (Å²) in [6.07, 6.45) is -4.88. The van der Waals surface area contributed by atoms with Gasteiger partial charge in [-0.3, -0.25) is 4.79 Å². The second-order valence-corrected chi connectivity index (χ2v) is 4.19. The number of nitriles is 1. The SMILES string of the molecule is CN(C(=O)C(C)(N)C(F)(F)F)c1ccccc1C#N. The Hall–Kier alpha value is -2.07. The van der Waals surface area contributed by atoms with Gasteiger partial charge in [-0.25, -0.2) is 0 Å². The number of nitrogens with two attached hydrogens (primary N) is 1. The van der Waals surface area contributed by atoms with Crippen LogP contribution in [-0.4, -0.2) is 24.7 Å². The summed E-state index contributed by atoms with van der Waals surface area (Å²) in [6.45, 7) is 0.598. The Morgan fingerprint density at radius 3 is 2.37 bits per heavy atom. The Kier molecular flexibility index (Phi) is 3.86. The molecule has 0 saturated carbocycles. The Bertz CT molecular complexity index is 532. The molecule has 1 aromatic carbocycles. The van der Waals surface area contributed by atoms with Crippen molar-refractivity contribution in [2.45, 2.75) is 18.6 Å². The summed E-state index contributed by atoms with van der Waals surface area (Å²) in [5.41, 5.74) is 2.23. The molecule has 0 aromatic heterocycles. The largest absolute Gasteiger partial charge is 0.415 e. The molecule has 0 saturated heterocycles. The van der Waals surface area contributed by atoms with Crippen molar-refractivity contribution in [2.75, 3.05) is 11.9 Å². The average Bonchev–Trinajstić information content (AvgIpc) is 2.35. The van der Waals surface area contributed by atoms with E-state index in [9.17, 15) is 18.0 Å². The molecule has 7 heteroatoms. The highest BCUT2D eigenvalue weighted by Crippen LogP contribution is 2.31. The van der Waals surface area contributed by atoms with Crippen LogP contribution in [0.15, 0.2) is 24.3 Å². The molecular weight excluding hydrogens is 259 g/mol. The third-order valence-electron chi connectivity index (χ3n) is 2.72. The molecule has 102 valence electrons. The number of halogens is 3. The molecule has 2 N–H and O–H groups in total. The minimum absolute atomic E-state index is 0.0796. The number of carbonyl (C=O) groups is 1. The Balaban J connectivity index is 3.18. The number of benzene rings is 1. The van der Waals surface area contributed by atoms with Gasteiger partial charge in [0.25, 0.3) is 5.91 Å². The van der Waals surface area contributed by atoms with Gasteiger partial charge >= 0.3 is 6.18 Å². The highest BCUT2D eigenvalue weighted by atomic mass is 19.4. The van der Waals surface area contributed by atoms with Crippen LogP contribution < -0.4 is 10.6 Å². The van der Waals surface area contributed by atoms with Gasteiger partial charge in [0.2, 0.25) is 0 Å². The van der Waals surface area contributed by atoms with Gasteiger partial charge < -0.3 is 10.6 Å². The van der Waals surface area contributed by atoms with Crippen molar-refractivity contribution in [3.8, 4) is 6.07 Å². The van der Waals surface area contributed by atoms with Crippen molar-refractivity contribution < 1.29 is 18.0 Å². The highest BCUT2D eigenvalue weighted by molar-refractivity contribution is 6.00. The third kappa shape index (κ3) is 2.69. The molecule has 0 bridgehead atoms. The van der Waals surface area contributed by atoms with Crippen LogP contribution in [0, 0.1) is 11.3 Å². The van der Waals surface area contributed by atoms with Crippen molar-refractivity contribution >= 4 is 11.6 Å². The van der Waals surface area contributed by atoms with E-state index in [4.69, 9.17) is 11.0 Å². The first-order valence-electron chi connectivity index (χ1n) is 5.26. The zero-order chi connectivity index (χ0) is 14.8. The molecule has 1 amide bonds. The van der Waals surface area contributed by atoms with Gasteiger partial charge in [0, 0.05) is 7.05 Å².